The quantitative estimate of drug-likeness (QED) is 0.883. The van der Waals surface area contributed by atoms with Crippen LogP contribution in [0.2, 0.25) is 0 Å². The van der Waals surface area contributed by atoms with E-state index in [0.717, 1.165) is 36.3 Å². The largest absolute Gasteiger partial charge is 0.313 e. The maximum Gasteiger partial charge on any atom is 0.255 e. The second-order valence-corrected chi connectivity index (χ2v) is 5.78. The SMILES string of the molecule is CCCn1c(-c2ccc(C)c(C)c2)ccc(CNCC)c1=O. The minimum Gasteiger partial charge on any atom is -0.313 e. The number of rotatable bonds is 6. The molecule has 0 aliphatic carbocycles. The highest BCUT2D eigenvalue weighted by Crippen LogP contribution is 2.22. The van der Waals surface area contributed by atoms with Crippen LogP contribution in [-0.2, 0) is 13.1 Å². The van der Waals surface area contributed by atoms with E-state index in [1.807, 2.05) is 17.6 Å². The molecule has 0 spiro atoms. The van der Waals surface area contributed by atoms with Gasteiger partial charge in [-0.3, -0.25) is 4.79 Å². The van der Waals surface area contributed by atoms with E-state index in [0.29, 0.717) is 6.54 Å². The molecule has 0 radical (unpaired) electrons. The zero-order chi connectivity index (χ0) is 16.1. The first-order valence-corrected chi connectivity index (χ1v) is 8.09. The van der Waals surface area contributed by atoms with Crippen LogP contribution in [0.1, 0.15) is 37.0 Å². The average Bonchev–Trinajstić information content (AvgIpc) is 2.51. The molecule has 0 amide bonds. The topological polar surface area (TPSA) is 34.0 Å². The van der Waals surface area contributed by atoms with Gasteiger partial charge in [0.2, 0.25) is 0 Å². The zero-order valence-corrected chi connectivity index (χ0v) is 14.1. The number of benzene rings is 1. The second kappa shape index (κ2) is 7.41. The van der Waals surface area contributed by atoms with Gasteiger partial charge in [-0.1, -0.05) is 32.0 Å². The van der Waals surface area contributed by atoms with E-state index >= 15 is 0 Å². The highest BCUT2D eigenvalue weighted by atomic mass is 16.1. The van der Waals surface area contributed by atoms with Crippen LogP contribution in [0.15, 0.2) is 35.1 Å². The van der Waals surface area contributed by atoms with Gasteiger partial charge in [0.15, 0.2) is 0 Å². The van der Waals surface area contributed by atoms with Crippen molar-refractivity contribution < 1.29 is 0 Å². The standard InChI is InChI=1S/C19H26N2O/c1-5-11-21-18(16-8-7-14(3)15(4)12-16)10-9-17(19(21)22)13-20-6-2/h7-10,12,20H,5-6,11,13H2,1-4H3. The van der Waals surface area contributed by atoms with Gasteiger partial charge in [0.05, 0.1) is 5.69 Å². The van der Waals surface area contributed by atoms with Crippen LogP contribution in [0.4, 0.5) is 0 Å². The third-order valence-electron chi connectivity index (χ3n) is 4.07. The molecule has 0 fully saturated rings. The maximum absolute atomic E-state index is 12.7. The number of nitrogens with zero attached hydrogens (tertiary/aromatic N) is 1. The predicted molar refractivity (Wildman–Crippen MR) is 93.3 cm³/mol. The van der Waals surface area contributed by atoms with E-state index in [1.54, 1.807) is 0 Å². The van der Waals surface area contributed by atoms with Gasteiger partial charge in [-0.25, -0.2) is 0 Å². The van der Waals surface area contributed by atoms with E-state index in [2.05, 4.69) is 50.4 Å². The smallest absolute Gasteiger partial charge is 0.255 e. The molecule has 0 atom stereocenters. The first kappa shape index (κ1) is 16.5. The molecule has 2 aromatic rings. The third kappa shape index (κ3) is 3.47. The van der Waals surface area contributed by atoms with Crippen LogP contribution in [0.3, 0.4) is 0 Å². The van der Waals surface area contributed by atoms with Crippen LogP contribution in [0, 0.1) is 13.8 Å². The van der Waals surface area contributed by atoms with E-state index in [1.165, 1.54) is 11.1 Å². The van der Waals surface area contributed by atoms with Crippen molar-refractivity contribution in [3.05, 3.63) is 57.4 Å². The number of hydrogen-bond acceptors (Lipinski definition) is 2. The molecule has 0 aliphatic rings. The summed E-state index contributed by atoms with van der Waals surface area (Å²) in [5.41, 5.74) is 5.61. The summed E-state index contributed by atoms with van der Waals surface area (Å²) in [7, 11) is 0. The van der Waals surface area contributed by atoms with Crippen molar-refractivity contribution in [2.45, 2.75) is 47.2 Å². The average molecular weight is 298 g/mol. The van der Waals surface area contributed by atoms with Crippen molar-refractivity contribution in [3.8, 4) is 11.3 Å². The monoisotopic (exact) mass is 298 g/mol. The third-order valence-corrected chi connectivity index (χ3v) is 4.07. The fraction of sp³-hybridized carbons (Fsp3) is 0.421. The van der Waals surface area contributed by atoms with Gasteiger partial charge in [-0.05, 0) is 55.6 Å². The highest BCUT2D eigenvalue weighted by Gasteiger charge is 2.10. The zero-order valence-electron chi connectivity index (χ0n) is 14.1. The van der Waals surface area contributed by atoms with Crippen LogP contribution in [-0.4, -0.2) is 11.1 Å². The van der Waals surface area contributed by atoms with E-state index in [9.17, 15) is 4.79 Å². The Morgan fingerprint density at radius 1 is 1.05 bits per heavy atom. The van der Waals surface area contributed by atoms with Gasteiger partial charge >= 0.3 is 0 Å². The molecule has 1 aromatic carbocycles. The molecule has 2 rings (SSSR count). The molecule has 0 unspecified atom stereocenters. The van der Waals surface area contributed by atoms with Crippen molar-refractivity contribution in [3.63, 3.8) is 0 Å². The van der Waals surface area contributed by atoms with E-state index in [-0.39, 0.29) is 5.56 Å². The number of hydrogen-bond donors (Lipinski definition) is 1. The Kier molecular flexibility index (Phi) is 5.56. The molecule has 22 heavy (non-hydrogen) atoms. The summed E-state index contributed by atoms with van der Waals surface area (Å²) in [6.45, 7) is 10.6. The molecule has 3 heteroatoms. The van der Waals surface area contributed by atoms with Crippen molar-refractivity contribution in [2.75, 3.05) is 6.54 Å². The summed E-state index contributed by atoms with van der Waals surface area (Å²) >= 11 is 0. The first-order valence-electron chi connectivity index (χ1n) is 8.09. The van der Waals surface area contributed by atoms with Gasteiger partial charge in [0.25, 0.3) is 5.56 Å². The fourth-order valence-corrected chi connectivity index (χ4v) is 2.62. The van der Waals surface area contributed by atoms with Crippen molar-refractivity contribution in [1.82, 2.24) is 9.88 Å². The number of aromatic nitrogens is 1. The summed E-state index contributed by atoms with van der Waals surface area (Å²) in [6.07, 6.45) is 0.947. The molecule has 0 bridgehead atoms. The molecule has 0 saturated heterocycles. The van der Waals surface area contributed by atoms with Crippen LogP contribution in [0.25, 0.3) is 11.3 Å². The van der Waals surface area contributed by atoms with Gasteiger partial charge < -0.3 is 9.88 Å². The summed E-state index contributed by atoms with van der Waals surface area (Å²) in [5, 5.41) is 3.24. The summed E-state index contributed by atoms with van der Waals surface area (Å²) < 4.78 is 1.91. The number of aryl methyl sites for hydroxylation is 2. The minimum atomic E-state index is 0.124. The van der Waals surface area contributed by atoms with Crippen LogP contribution < -0.4 is 10.9 Å². The van der Waals surface area contributed by atoms with Gasteiger partial charge in [-0.15, -0.1) is 0 Å². The molecule has 1 heterocycles. The lowest BCUT2D eigenvalue weighted by Crippen LogP contribution is -2.28. The van der Waals surface area contributed by atoms with Crippen molar-refractivity contribution >= 4 is 0 Å². The summed E-state index contributed by atoms with van der Waals surface area (Å²) in [4.78, 5) is 12.7. The lowest BCUT2D eigenvalue weighted by Gasteiger charge is -2.15. The van der Waals surface area contributed by atoms with Gasteiger partial charge in [-0.2, -0.15) is 0 Å². The Labute approximate surface area is 133 Å². The Hall–Kier alpha value is -1.87. The molecule has 118 valence electrons. The Bertz CT molecular complexity index is 701. The number of pyridine rings is 1. The molecular weight excluding hydrogens is 272 g/mol. The second-order valence-electron chi connectivity index (χ2n) is 5.78. The number of nitrogens with one attached hydrogen (secondary N) is 1. The Morgan fingerprint density at radius 3 is 2.45 bits per heavy atom. The molecule has 0 aliphatic heterocycles. The maximum atomic E-state index is 12.7. The molecule has 1 aromatic heterocycles. The molecule has 3 nitrogen and oxygen atoms in total. The molecule has 0 saturated carbocycles. The first-order chi connectivity index (χ1) is 10.6. The predicted octanol–water partition coefficient (Wildman–Crippen LogP) is 3.65. The molecule has 1 N–H and O–H groups in total. The summed E-state index contributed by atoms with van der Waals surface area (Å²) in [6, 6.07) is 10.4. The van der Waals surface area contributed by atoms with E-state index in [4.69, 9.17) is 0 Å². The van der Waals surface area contributed by atoms with Crippen molar-refractivity contribution in [1.29, 1.82) is 0 Å². The summed E-state index contributed by atoms with van der Waals surface area (Å²) in [5.74, 6) is 0. The van der Waals surface area contributed by atoms with Crippen LogP contribution in [0.5, 0.6) is 0 Å². The van der Waals surface area contributed by atoms with Crippen LogP contribution >= 0.6 is 0 Å². The Morgan fingerprint density at radius 2 is 1.82 bits per heavy atom. The highest BCUT2D eigenvalue weighted by molar-refractivity contribution is 5.61. The molecular formula is C19H26N2O. The Balaban J connectivity index is 2.52. The lowest BCUT2D eigenvalue weighted by molar-refractivity contribution is 0.640. The lowest BCUT2D eigenvalue weighted by atomic mass is 10.0. The minimum absolute atomic E-state index is 0.124. The van der Waals surface area contributed by atoms with E-state index < -0.39 is 0 Å². The normalized spacial score (nSPS) is 10.9. The van der Waals surface area contributed by atoms with Gasteiger partial charge in [0.1, 0.15) is 0 Å². The fourth-order valence-electron chi connectivity index (χ4n) is 2.62. The van der Waals surface area contributed by atoms with Crippen molar-refractivity contribution in [2.24, 2.45) is 0 Å². The van der Waals surface area contributed by atoms with Gasteiger partial charge in [0, 0.05) is 18.7 Å².